The first-order valence-electron chi connectivity index (χ1n) is 6.43. The highest BCUT2D eigenvalue weighted by Crippen LogP contribution is 2.37. The quantitative estimate of drug-likeness (QED) is 0.703. The average Bonchev–Trinajstić information content (AvgIpc) is 3.09. The maximum atomic E-state index is 11.6. The first-order valence-corrected chi connectivity index (χ1v) is 6.43. The molecule has 0 radical (unpaired) electrons. The lowest BCUT2D eigenvalue weighted by Crippen LogP contribution is -2.29. The molecule has 0 heterocycles. The van der Waals surface area contributed by atoms with Crippen LogP contribution in [-0.2, 0) is 9.59 Å². The second-order valence-corrected chi connectivity index (χ2v) is 4.96. The largest absolute Gasteiger partial charge is 0.508 e. The Balaban J connectivity index is 1.67. The van der Waals surface area contributed by atoms with Crippen LogP contribution < -0.4 is 10.6 Å². The lowest BCUT2D eigenvalue weighted by atomic mass is 10.3. The van der Waals surface area contributed by atoms with Crippen molar-refractivity contribution in [1.29, 1.82) is 0 Å². The van der Waals surface area contributed by atoms with Gasteiger partial charge in [-0.15, -0.1) is 0 Å². The molecule has 1 aliphatic carbocycles. The number of amides is 2. The van der Waals surface area contributed by atoms with Crippen LogP contribution in [0.2, 0.25) is 0 Å². The molecule has 19 heavy (non-hydrogen) atoms. The Morgan fingerprint density at radius 3 is 2.53 bits per heavy atom. The number of hydrogen-bond acceptors (Lipinski definition) is 3. The molecule has 3 N–H and O–H groups in total. The third-order valence-corrected chi connectivity index (χ3v) is 3.25. The third kappa shape index (κ3) is 3.98. The molecule has 1 saturated carbocycles. The van der Waals surface area contributed by atoms with Gasteiger partial charge < -0.3 is 15.7 Å². The first kappa shape index (κ1) is 13.4. The summed E-state index contributed by atoms with van der Waals surface area (Å²) in [6.07, 6.45) is 1.19. The minimum absolute atomic E-state index is 0.0462. The summed E-state index contributed by atoms with van der Waals surface area (Å²) in [5.41, 5.74) is 0.630. The number of carbonyl (C=O) groups excluding carboxylic acids is 2. The van der Waals surface area contributed by atoms with Crippen LogP contribution in [0.25, 0.3) is 0 Å². The smallest absolute Gasteiger partial charge is 0.226 e. The number of benzene rings is 1. The maximum Gasteiger partial charge on any atom is 0.226 e. The van der Waals surface area contributed by atoms with E-state index < -0.39 is 0 Å². The van der Waals surface area contributed by atoms with Crippen LogP contribution in [0.5, 0.6) is 5.75 Å². The van der Waals surface area contributed by atoms with Crippen LogP contribution in [0.3, 0.4) is 0 Å². The number of anilines is 1. The van der Waals surface area contributed by atoms with E-state index >= 15 is 0 Å². The molecule has 5 nitrogen and oxygen atoms in total. The molecule has 0 spiro atoms. The first-order chi connectivity index (χ1) is 9.06. The molecule has 102 valence electrons. The van der Waals surface area contributed by atoms with E-state index in [1.165, 1.54) is 12.1 Å². The normalized spacial score (nSPS) is 20.7. The molecule has 2 atom stereocenters. The van der Waals surface area contributed by atoms with Crippen molar-refractivity contribution in [1.82, 2.24) is 5.32 Å². The second kappa shape index (κ2) is 5.73. The summed E-state index contributed by atoms with van der Waals surface area (Å²) >= 11 is 0. The fourth-order valence-corrected chi connectivity index (χ4v) is 1.89. The highest BCUT2D eigenvalue weighted by atomic mass is 16.3. The standard InChI is InChI=1S/C14H18N2O3/c1-9-8-12(9)14(19)15-7-6-13(18)16-10-2-4-11(17)5-3-10/h2-5,9,12,17H,6-8H2,1H3,(H,15,19)(H,16,18)/t9-,12-/m1/s1. The van der Waals surface area contributed by atoms with Gasteiger partial charge in [0.25, 0.3) is 0 Å². The van der Waals surface area contributed by atoms with Crippen molar-refractivity contribution in [2.75, 3.05) is 11.9 Å². The van der Waals surface area contributed by atoms with Crippen molar-refractivity contribution >= 4 is 17.5 Å². The molecule has 0 aromatic heterocycles. The SMILES string of the molecule is C[C@@H]1C[C@H]1C(=O)NCCC(=O)Nc1ccc(O)cc1. The highest BCUT2D eigenvalue weighted by Gasteiger charge is 2.38. The van der Waals surface area contributed by atoms with Crippen LogP contribution >= 0.6 is 0 Å². The van der Waals surface area contributed by atoms with Crippen molar-refractivity contribution < 1.29 is 14.7 Å². The van der Waals surface area contributed by atoms with E-state index in [1.807, 2.05) is 6.92 Å². The van der Waals surface area contributed by atoms with Gasteiger partial charge in [0.15, 0.2) is 0 Å². The molecule has 1 aromatic rings. The number of carbonyl (C=O) groups is 2. The van der Waals surface area contributed by atoms with Crippen molar-refractivity contribution in [2.45, 2.75) is 19.8 Å². The van der Waals surface area contributed by atoms with Crippen molar-refractivity contribution in [2.24, 2.45) is 11.8 Å². The number of phenolic OH excluding ortho intramolecular Hbond substituents is 1. The Hall–Kier alpha value is -2.04. The minimum Gasteiger partial charge on any atom is -0.508 e. The Labute approximate surface area is 112 Å². The molecule has 0 unspecified atom stereocenters. The van der Waals surface area contributed by atoms with E-state index in [0.717, 1.165) is 6.42 Å². The van der Waals surface area contributed by atoms with Crippen LogP contribution in [0.15, 0.2) is 24.3 Å². The van der Waals surface area contributed by atoms with Gasteiger partial charge in [0.2, 0.25) is 11.8 Å². The van der Waals surface area contributed by atoms with Crippen LogP contribution in [0.4, 0.5) is 5.69 Å². The van der Waals surface area contributed by atoms with Crippen LogP contribution in [0, 0.1) is 11.8 Å². The predicted octanol–water partition coefficient (Wildman–Crippen LogP) is 1.49. The number of hydrogen-bond donors (Lipinski definition) is 3. The molecule has 1 aliphatic rings. The Morgan fingerprint density at radius 2 is 1.95 bits per heavy atom. The molecule has 2 rings (SSSR count). The van der Waals surface area contributed by atoms with Gasteiger partial charge >= 0.3 is 0 Å². The lowest BCUT2D eigenvalue weighted by molar-refractivity contribution is -0.122. The number of rotatable bonds is 5. The molecular formula is C14H18N2O3. The van der Waals surface area contributed by atoms with Crippen molar-refractivity contribution in [3.05, 3.63) is 24.3 Å². The van der Waals surface area contributed by atoms with Gasteiger partial charge in [-0.25, -0.2) is 0 Å². The Morgan fingerprint density at radius 1 is 1.32 bits per heavy atom. The van der Waals surface area contributed by atoms with E-state index in [2.05, 4.69) is 10.6 Å². The van der Waals surface area contributed by atoms with E-state index in [-0.39, 0.29) is 29.9 Å². The van der Waals surface area contributed by atoms with Crippen LogP contribution in [-0.4, -0.2) is 23.5 Å². The fraction of sp³-hybridized carbons (Fsp3) is 0.429. The summed E-state index contributed by atoms with van der Waals surface area (Å²) in [6, 6.07) is 6.26. The van der Waals surface area contributed by atoms with E-state index in [9.17, 15) is 9.59 Å². The summed E-state index contributed by atoms with van der Waals surface area (Å²) in [5.74, 6) is 0.662. The fourth-order valence-electron chi connectivity index (χ4n) is 1.89. The average molecular weight is 262 g/mol. The Bertz CT molecular complexity index is 470. The van der Waals surface area contributed by atoms with E-state index in [4.69, 9.17) is 5.11 Å². The molecule has 5 heteroatoms. The third-order valence-electron chi connectivity index (χ3n) is 3.25. The zero-order valence-electron chi connectivity index (χ0n) is 10.8. The van der Waals surface area contributed by atoms with E-state index in [0.29, 0.717) is 18.2 Å². The van der Waals surface area contributed by atoms with E-state index in [1.54, 1.807) is 12.1 Å². The summed E-state index contributed by atoms with van der Waals surface area (Å²) in [5, 5.41) is 14.6. The summed E-state index contributed by atoms with van der Waals surface area (Å²) in [4.78, 5) is 23.1. The molecule has 0 bridgehead atoms. The zero-order valence-corrected chi connectivity index (χ0v) is 10.8. The summed E-state index contributed by atoms with van der Waals surface area (Å²) in [7, 11) is 0. The van der Waals surface area contributed by atoms with Gasteiger partial charge in [-0.2, -0.15) is 0 Å². The lowest BCUT2D eigenvalue weighted by Gasteiger charge is -2.06. The monoisotopic (exact) mass is 262 g/mol. The number of aromatic hydroxyl groups is 1. The van der Waals surface area contributed by atoms with Gasteiger partial charge in [-0.1, -0.05) is 6.92 Å². The van der Waals surface area contributed by atoms with Gasteiger partial charge in [-0.05, 0) is 36.6 Å². The molecule has 1 aromatic carbocycles. The molecule has 0 aliphatic heterocycles. The van der Waals surface area contributed by atoms with Gasteiger partial charge in [0.1, 0.15) is 5.75 Å². The second-order valence-electron chi connectivity index (χ2n) is 4.96. The zero-order chi connectivity index (χ0) is 13.8. The van der Waals surface area contributed by atoms with Crippen molar-refractivity contribution in [3.8, 4) is 5.75 Å². The maximum absolute atomic E-state index is 11.6. The minimum atomic E-state index is -0.158. The van der Waals surface area contributed by atoms with Gasteiger partial charge in [-0.3, -0.25) is 9.59 Å². The molecular weight excluding hydrogens is 244 g/mol. The van der Waals surface area contributed by atoms with Gasteiger partial charge in [0.05, 0.1) is 0 Å². The van der Waals surface area contributed by atoms with Crippen LogP contribution in [0.1, 0.15) is 19.8 Å². The summed E-state index contributed by atoms with van der Waals surface area (Å²) in [6.45, 7) is 2.40. The highest BCUT2D eigenvalue weighted by molar-refractivity contribution is 5.91. The topological polar surface area (TPSA) is 78.4 Å². The predicted molar refractivity (Wildman–Crippen MR) is 71.6 cm³/mol. The summed E-state index contributed by atoms with van der Waals surface area (Å²) < 4.78 is 0. The molecule has 1 fully saturated rings. The number of phenols is 1. The Kier molecular flexibility index (Phi) is 4.04. The molecule has 0 saturated heterocycles. The number of nitrogens with one attached hydrogen (secondary N) is 2. The van der Waals surface area contributed by atoms with Gasteiger partial charge in [0, 0.05) is 24.6 Å². The molecule has 2 amide bonds. The van der Waals surface area contributed by atoms with Crippen molar-refractivity contribution in [3.63, 3.8) is 0 Å².